The first-order valence-electron chi connectivity index (χ1n) is 6.47. The highest BCUT2D eigenvalue weighted by Gasteiger charge is 2.08. The smallest absolute Gasteiger partial charge is 0.0492 e. The lowest BCUT2D eigenvalue weighted by atomic mass is 10.1. The van der Waals surface area contributed by atoms with E-state index in [4.69, 9.17) is 0 Å². The third-order valence-electron chi connectivity index (χ3n) is 3.02. The summed E-state index contributed by atoms with van der Waals surface area (Å²) in [5.74, 6) is 1.24. The van der Waals surface area contributed by atoms with Crippen LogP contribution in [0.2, 0.25) is 0 Å². The van der Waals surface area contributed by atoms with Gasteiger partial charge in [0.2, 0.25) is 0 Å². The van der Waals surface area contributed by atoms with Crippen LogP contribution in [0.4, 0.5) is 0 Å². The Hall–Kier alpha value is -0.480. The van der Waals surface area contributed by atoms with Crippen molar-refractivity contribution in [1.29, 1.82) is 0 Å². The summed E-state index contributed by atoms with van der Waals surface area (Å²) in [4.78, 5) is 0. The van der Waals surface area contributed by atoms with E-state index >= 15 is 0 Å². The number of aromatic nitrogens is 2. The lowest BCUT2D eigenvalue weighted by molar-refractivity contribution is 0.465. The van der Waals surface area contributed by atoms with Gasteiger partial charge in [0.1, 0.15) is 0 Å². The van der Waals surface area contributed by atoms with Crippen LogP contribution in [0.1, 0.15) is 31.9 Å². The van der Waals surface area contributed by atoms with Gasteiger partial charge in [0.05, 0.1) is 0 Å². The molecule has 1 rings (SSSR count). The SMILES string of the molecule is CCCNC(CCSC)CCc1ccnn1C. The van der Waals surface area contributed by atoms with Crippen LogP contribution in [-0.4, -0.2) is 34.4 Å². The quantitative estimate of drug-likeness (QED) is 0.735. The molecule has 0 radical (unpaired) electrons. The molecule has 0 saturated heterocycles. The van der Waals surface area contributed by atoms with Crippen LogP contribution in [0.5, 0.6) is 0 Å². The van der Waals surface area contributed by atoms with E-state index in [1.165, 1.54) is 30.7 Å². The van der Waals surface area contributed by atoms with Crippen molar-refractivity contribution >= 4 is 11.8 Å². The normalized spacial score (nSPS) is 12.9. The summed E-state index contributed by atoms with van der Waals surface area (Å²) in [6.45, 7) is 3.35. The van der Waals surface area contributed by atoms with Gasteiger partial charge in [0.15, 0.2) is 0 Å². The Labute approximate surface area is 109 Å². The van der Waals surface area contributed by atoms with Crippen LogP contribution < -0.4 is 5.32 Å². The van der Waals surface area contributed by atoms with Crippen molar-refractivity contribution in [3.8, 4) is 0 Å². The zero-order valence-corrected chi connectivity index (χ0v) is 12.1. The van der Waals surface area contributed by atoms with E-state index in [1.54, 1.807) is 0 Å². The minimum absolute atomic E-state index is 0.650. The zero-order valence-electron chi connectivity index (χ0n) is 11.3. The predicted molar refractivity (Wildman–Crippen MR) is 76.6 cm³/mol. The average molecular weight is 255 g/mol. The van der Waals surface area contributed by atoms with E-state index in [0.717, 1.165) is 13.0 Å². The molecule has 1 N–H and O–H groups in total. The topological polar surface area (TPSA) is 29.9 Å². The fourth-order valence-electron chi connectivity index (χ4n) is 1.93. The van der Waals surface area contributed by atoms with E-state index in [2.05, 4.69) is 29.7 Å². The Bertz CT molecular complexity index is 291. The predicted octanol–water partition coefficient (Wildman–Crippen LogP) is 2.47. The van der Waals surface area contributed by atoms with Gasteiger partial charge in [0, 0.05) is 25.0 Å². The van der Waals surface area contributed by atoms with Gasteiger partial charge in [-0.05, 0) is 50.3 Å². The molecular formula is C13H25N3S. The van der Waals surface area contributed by atoms with Gasteiger partial charge in [-0.3, -0.25) is 4.68 Å². The third kappa shape index (κ3) is 5.59. The monoisotopic (exact) mass is 255 g/mol. The van der Waals surface area contributed by atoms with Crippen LogP contribution in [0.15, 0.2) is 12.3 Å². The minimum Gasteiger partial charge on any atom is -0.314 e. The van der Waals surface area contributed by atoms with Gasteiger partial charge >= 0.3 is 0 Å². The summed E-state index contributed by atoms with van der Waals surface area (Å²) in [6, 6.07) is 2.77. The first-order chi connectivity index (χ1) is 8.27. The molecule has 0 fully saturated rings. The van der Waals surface area contributed by atoms with Gasteiger partial charge in [-0.15, -0.1) is 0 Å². The molecule has 1 heterocycles. The summed E-state index contributed by atoms with van der Waals surface area (Å²) >= 11 is 1.93. The third-order valence-corrected chi connectivity index (χ3v) is 3.67. The molecule has 4 heteroatoms. The molecule has 0 aromatic carbocycles. The molecule has 17 heavy (non-hydrogen) atoms. The second-order valence-corrected chi connectivity index (χ2v) is 5.40. The summed E-state index contributed by atoms with van der Waals surface area (Å²) in [7, 11) is 2.02. The number of thioether (sulfide) groups is 1. The summed E-state index contributed by atoms with van der Waals surface area (Å²) in [6.07, 6.45) is 8.86. The molecule has 0 spiro atoms. The summed E-state index contributed by atoms with van der Waals surface area (Å²) in [5, 5.41) is 7.85. The number of hydrogen-bond donors (Lipinski definition) is 1. The second-order valence-electron chi connectivity index (χ2n) is 4.42. The van der Waals surface area contributed by atoms with E-state index in [-0.39, 0.29) is 0 Å². The molecule has 0 amide bonds. The molecule has 0 aliphatic rings. The molecule has 1 unspecified atom stereocenters. The Balaban J connectivity index is 2.34. The number of hydrogen-bond acceptors (Lipinski definition) is 3. The maximum absolute atomic E-state index is 4.21. The molecule has 1 aromatic heterocycles. The van der Waals surface area contributed by atoms with Crippen LogP contribution in [0, 0.1) is 0 Å². The number of nitrogens with zero attached hydrogens (tertiary/aromatic N) is 2. The Kier molecular flexibility index (Phi) is 7.37. The summed E-state index contributed by atoms with van der Waals surface area (Å²) < 4.78 is 1.98. The molecule has 0 aliphatic heterocycles. The zero-order chi connectivity index (χ0) is 12.5. The second kappa shape index (κ2) is 8.59. The average Bonchev–Trinajstić information content (AvgIpc) is 2.74. The molecule has 0 bridgehead atoms. The van der Waals surface area contributed by atoms with Crippen molar-refractivity contribution in [2.24, 2.45) is 7.05 Å². The van der Waals surface area contributed by atoms with Crippen molar-refractivity contribution in [1.82, 2.24) is 15.1 Å². The Morgan fingerprint density at radius 3 is 2.88 bits per heavy atom. The van der Waals surface area contributed by atoms with Gasteiger partial charge in [-0.2, -0.15) is 16.9 Å². The van der Waals surface area contributed by atoms with Crippen molar-refractivity contribution in [2.45, 2.75) is 38.6 Å². The highest BCUT2D eigenvalue weighted by molar-refractivity contribution is 7.98. The van der Waals surface area contributed by atoms with Crippen molar-refractivity contribution in [3.63, 3.8) is 0 Å². The van der Waals surface area contributed by atoms with Gasteiger partial charge in [-0.1, -0.05) is 6.92 Å². The van der Waals surface area contributed by atoms with Gasteiger partial charge in [-0.25, -0.2) is 0 Å². The Morgan fingerprint density at radius 2 is 2.29 bits per heavy atom. The first-order valence-corrected chi connectivity index (χ1v) is 7.86. The molecule has 0 aliphatic carbocycles. The lowest BCUT2D eigenvalue weighted by Crippen LogP contribution is -2.31. The van der Waals surface area contributed by atoms with Crippen molar-refractivity contribution < 1.29 is 0 Å². The number of rotatable bonds is 9. The van der Waals surface area contributed by atoms with Gasteiger partial charge < -0.3 is 5.32 Å². The van der Waals surface area contributed by atoms with Crippen LogP contribution in [0.3, 0.4) is 0 Å². The lowest BCUT2D eigenvalue weighted by Gasteiger charge is -2.18. The van der Waals surface area contributed by atoms with E-state index in [0.29, 0.717) is 6.04 Å². The van der Waals surface area contributed by atoms with Crippen LogP contribution >= 0.6 is 11.8 Å². The van der Waals surface area contributed by atoms with Gasteiger partial charge in [0.25, 0.3) is 0 Å². The van der Waals surface area contributed by atoms with E-state index in [1.807, 2.05) is 29.7 Å². The molecule has 1 aromatic rings. The van der Waals surface area contributed by atoms with Crippen LogP contribution in [-0.2, 0) is 13.5 Å². The molecule has 0 saturated carbocycles. The molecule has 3 nitrogen and oxygen atoms in total. The maximum Gasteiger partial charge on any atom is 0.0492 e. The molecule has 1 atom stereocenters. The fourth-order valence-corrected chi connectivity index (χ4v) is 2.45. The minimum atomic E-state index is 0.650. The first kappa shape index (κ1) is 14.6. The molecule has 98 valence electrons. The van der Waals surface area contributed by atoms with E-state index in [9.17, 15) is 0 Å². The fraction of sp³-hybridized carbons (Fsp3) is 0.769. The largest absolute Gasteiger partial charge is 0.314 e. The van der Waals surface area contributed by atoms with Crippen molar-refractivity contribution in [3.05, 3.63) is 18.0 Å². The number of nitrogens with one attached hydrogen (secondary N) is 1. The standard InChI is InChI=1S/C13H25N3S/c1-4-9-14-12(8-11-17-3)5-6-13-7-10-15-16(13)2/h7,10,12,14H,4-6,8-9,11H2,1-3H3. The highest BCUT2D eigenvalue weighted by atomic mass is 32.2. The number of aryl methyl sites for hydroxylation is 2. The summed E-state index contributed by atoms with van der Waals surface area (Å²) in [5.41, 5.74) is 1.33. The van der Waals surface area contributed by atoms with E-state index < -0.39 is 0 Å². The van der Waals surface area contributed by atoms with Crippen LogP contribution in [0.25, 0.3) is 0 Å². The van der Waals surface area contributed by atoms with Crippen molar-refractivity contribution in [2.75, 3.05) is 18.6 Å². The highest BCUT2D eigenvalue weighted by Crippen LogP contribution is 2.09. The molecular weight excluding hydrogens is 230 g/mol. The maximum atomic E-state index is 4.21. The Morgan fingerprint density at radius 1 is 1.47 bits per heavy atom.